The summed E-state index contributed by atoms with van der Waals surface area (Å²) in [5.41, 5.74) is 2.24. The predicted octanol–water partition coefficient (Wildman–Crippen LogP) is 6.07. The van der Waals surface area contributed by atoms with Gasteiger partial charge in [0.25, 0.3) is 5.91 Å². The summed E-state index contributed by atoms with van der Waals surface area (Å²) in [7, 11) is 0. The van der Waals surface area contributed by atoms with E-state index >= 15 is 0 Å². The van der Waals surface area contributed by atoms with Gasteiger partial charge in [-0.05, 0) is 55.3 Å². The second kappa shape index (κ2) is 9.03. The topological polar surface area (TPSA) is 67.3 Å². The molecule has 33 heavy (non-hydrogen) atoms. The van der Waals surface area contributed by atoms with Gasteiger partial charge in [-0.15, -0.1) is 0 Å². The van der Waals surface area contributed by atoms with Crippen molar-refractivity contribution in [1.29, 1.82) is 0 Å². The van der Waals surface area contributed by atoms with Crippen LogP contribution in [0.25, 0.3) is 11.0 Å². The molecule has 1 amide bonds. The van der Waals surface area contributed by atoms with Gasteiger partial charge in [0.05, 0.1) is 22.3 Å². The van der Waals surface area contributed by atoms with Gasteiger partial charge < -0.3 is 15.0 Å². The Morgan fingerprint density at radius 1 is 1.00 bits per heavy atom. The lowest BCUT2D eigenvalue weighted by molar-refractivity contribution is 0.102. The first-order valence-corrected chi connectivity index (χ1v) is 11.0. The minimum Gasteiger partial charge on any atom is -0.457 e. The fourth-order valence-corrected chi connectivity index (χ4v) is 3.88. The van der Waals surface area contributed by atoms with Crippen LogP contribution in [0, 0.1) is 5.82 Å². The average molecular weight is 463 g/mol. The van der Waals surface area contributed by atoms with Gasteiger partial charge in [-0.1, -0.05) is 17.7 Å². The summed E-state index contributed by atoms with van der Waals surface area (Å²) in [5, 5.41) is 2.71. The highest BCUT2D eigenvalue weighted by molar-refractivity contribution is 6.30. The van der Waals surface area contributed by atoms with E-state index in [0.29, 0.717) is 17.2 Å². The molecule has 8 heteroatoms. The predicted molar refractivity (Wildman–Crippen MR) is 127 cm³/mol. The van der Waals surface area contributed by atoms with E-state index in [-0.39, 0.29) is 10.6 Å². The molecule has 0 unspecified atom stereocenters. The molecule has 3 aromatic carbocycles. The molecule has 4 aromatic rings. The smallest absolute Gasteiger partial charge is 0.255 e. The van der Waals surface area contributed by atoms with Crippen molar-refractivity contribution in [3.05, 3.63) is 83.3 Å². The summed E-state index contributed by atoms with van der Waals surface area (Å²) in [6, 6.07) is 16.4. The van der Waals surface area contributed by atoms with E-state index in [1.165, 1.54) is 25.0 Å². The first-order valence-electron chi connectivity index (χ1n) is 10.6. The largest absolute Gasteiger partial charge is 0.457 e. The van der Waals surface area contributed by atoms with Gasteiger partial charge in [-0.2, -0.15) is 0 Å². The van der Waals surface area contributed by atoms with Crippen molar-refractivity contribution in [3.8, 4) is 11.5 Å². The van der Waals surface area contributed by atoms with Crippen LogP contribution >= 0.6 is 11.6 Å². The Kier molecular flexibility index (Phi) is 5.79. The van der Waals surface area contributed by atoms with Crippen molar-refractivity contribution < 1.29 is 13.9 Å². The maximum absolute atomic E-state index is 13.7. The molecule has 6 nitrogen and oxygen atoms in total. The fourth-order valence-electron chi connectivity index (χ4n) is 3.76. The third kappa shape index (κ3) is 4.73. The number of hydrogen-bond acceptors (Lipinski definition) is 5. The number of nitrogens with one attached hydrogen (secondary N) is 1. The summed E-state index contributed by atoms with van der Waals surface area (Å²) in [4.78, 5) is 24.0. The number of fused-ring (bicyclic) bond motifs is 1. The second-order valence-electron chi connectivity index (χ2n) is 7.79. The maximum atomic E-state index is 13.7. The zero-order valence-corrected chi connectivity index (χ0v) is 18.3. The Morgan fingerprint density at radius 3 is 2.64 bits per heavy atom. The van der Waals surface area contributed by atoms with Crippen molar-refractivity contribution in [2.24, 2.45) is 0 Å². The number of benzene rings is 3. The SMILES string of the molecule is O=C(Nc1cccc(Oc2ccc3ncc(N4CCCC4)nc3c2)c1)c1ccc(Cl)c(F)c1. The van der Waals surface area contributed by atoms with Crippen LogP contribution < -0.4 is 15.0 Å². The molecule has 166 valence electrons. The Morgan fingerprint density at radius 2 is 1.82 bits per heavy atom. The molecule has 0 aliphatic carbocycles. The molecule has 1 aliphatic rings. The maximum Gasteiger partial charge on any atom is 0.255 e. The molecule has 2 heterocycles. The molecule has 0 saturated carbocycles. The van der Waals surface area contributed by atoms with Gasteiger partial charge in [0.15, 0.2) is 0 Å². The summed E-state index contributed by atoms with van der Waals surface area (Å²) >= 11 is 5.69. The number of amides is 1. The molecule has 1 fully saturated rings. The zero-order valence-electron chi connectivity index (χ0n) is 17.6. The van der Waals surface area contributed by atoms with Gasteiger partial charge in [0.1, 0.15) is 23.1 Å². The lowest BCUT2D eigenvalue weighted by Crippen LogP contribution is -2.19. The highest BCUT2D eigenvalue weighted by Gasteiger charge is 2.15. The summed E-state index contributed by atoms with van der Waals surface area (Å²) < 4.78 is 19.7. The molecular weight excluding hydrogens is 443 g/mol. The van der Waals surface area contributed by atoms with Crippen LogP contribution in [0.15, 0.2) is 66.9 Å². The number of nitrogens with zero attached hydrogens (tertiary/aromatic N) is 3. The molecule has 0 atom stereocenters. The van der Waals surface area contributed by atoms with E-state index in [1.807, 2.05) is 24.4 Å². The number of hydrogen-bond donors (Lipinski definition) is 1. The van der Waals surface area contributed by atoms with Crippen LogP contribution in [0.3, 0.4) is 0 Å². The van der Waals surface area contributed by atoms with Crippen molar-refractivity contribution in [2.75, 3.05) is 23.3 Å². The third-order valence-corrected chi connectivity index (χ3v) is 5.75. The molecule has 1 saturated heterocycles. The fraction of sp³-hybridized carbons (Fsp3) is 0.160. The van der Waals surface area contributed by atoms with Crippen LogP contribution in [-0.4, -0.2) is 29.0 Å². The standard InChI is InChI=1S/C25H20ClFN4O2/c26-20-8-6-16(12-21(20)27)25(32)29-17-4-3-5-18(13-17)33-19-7-9-22-23(14-19)30-24(15-28-22)31-10-1-2-11-31/h3-9,12-15H,1-2,10-11H2,(H,29,32). The van der Waals surface area contributed by atoms with Crippen LogP contribution in [0.5, 0.6) is 11.5 Å². The van der Waals surface area contributed by atoms with E-state index in [2.05, 4.69) is 15.2 Å². The van der Waals surface area contributed by atoms with Crippen molar-refractivity contribution in [2.45, 2.75) is 12.8 Å². The molecule has 1 aliphatic heterocycles. The molecule has 5 rings (SSSR count). The first-order chi connectivity index (χ1) is 16.0. The monoisotopic (exact) mass is 462 g/mol. The Balaban J connectivity index is 1.33. The number of aromatic nitrogens is 2. The molecular formula is C25H20ClFN4O2. The van der Waals surface area contributed by atoms with Gasteiger partial charge in [-0.3, -0.25) is 9.78 Å². The highest BCUT2D eigenvalue weighted by atomic mass is 35.5. The Bertz CT molecular complexity index is 1340. The van der Waals surface area contributed by atoms with Crippen molar-refractivity contribution in [3.63, 3.8) is 0 Å². The van der Waals surface area contributed by atoms with E-state index in [9.17, 15) is 9.18 Å². The summed E-state index contributed by atoms with van der Waals surface area (Å²) in [5.74, 6) is 0.934. The number of halogens is 2. The van der Waals surface area contributed by atoms with Crippen LogP contribution in [0.2, 0.25) is 5.02 Å². The van der Waals surface area contributed by atoms with Crippen LogP contribution in [0.1, 0.15) is 23.2 Å². The summed E-state index contributed by atoms with van der Waals surface area (Å²) in [6.45, 7) is 2.00. The number of anilines is 2. The van der Waals surface area contributed by atoms with Crippen LogP contribution in [-0.2, 0) is 0 Å². The Hall–Kier alpha value is -3.71. The number of rotatable bonds is 5. The van der Waals surface area contributed by atoms with Gasteiger partial charge in [0.2, 0.25) is 0 Å². The first kappa shape index (κ1) is 21.2. The van der Waals surface area contributed by atoms with Gasteiger partial charge in [-0.25, -0.2) is 9.37 Å². The average Bonchev–Trinajstić information content (AvgIpc) is 3.36. The quantitative estimate of drug-likeness (QED) is 0.390. The van der Waals surface area contributed by atoms with E-state index in [0.717, 1.165) is 36.0 Å². The molecule has 0 radical (unpaired) electrons. The molecule has 1 aromatic heterocycles. The van der Waals surface area contributed by atoms with Gasteiger partial charge in [0, 0.05) is 36.5 Å². The zero-order chi connectivity index (χ0) is 22.8. The van der Waals surface area contributed by atoms with E-state index in [4.69, 9.17) is 21.3 Å². The highest BCUT2D eigenvalue weighted by Crippen LogP contribution is 2.28. The lowest BCUT2D eigenvalue weighted by atomic mass is 10.2. The molecule has 0 bridgehead atoms. The van der Waals surface area contributed by atoms with Crippen molar-refractivity contribution in [1.82, 2.24) is 9.97 Å². The van der Waals surface area contributed by atoms with Gasteiger partial charge >= 0.3 is 0 Å². The minimum absolute atomic E-state index is 0.0328. The van der Waals surface area contributed by atoms with E-state index < -0.39 is 11.7 Å². The normalized spacial score (nSPS) is 13.3. The van der Waals surface area contributed by atoms with Crippen molar-refractivity contribution >= 4 is 40.0 Å². The number of ether oxygens (including phenoxy) is 1. The number of carbonyl (C=O) groups is 1. The molecule has 0 spiro atoms. The van der Waals surface area contributed by atoms with E-state index in [1.54, 1.807) is 24.3 Å². The second-order valence-corrected chi connectivity index (χ2v) is 8.19. The molecule has 1 N–H and O–H groups in total. The minimum atomic E-state index is -0.645. The third-order valence-electron chi connectivity index (χ3n) is 5.44. The Labute approximate surface area is 195 Å². The summed E-state index contributed by atoms with van der Waals surface area (Å²) in [6.07, 6.45) is 4.15. The number of carbonyl (C=O) groups excluding carboxylic acids is 1. The van der Waals surface area contributed by atoms with Crippen LogP contribution in [0.4, 0.5) is 15.9 Å². The lowest BCUT2D eigenvalue weighted by Gasteiger charge is -2.16.